The van der Waals surface area contributed by atoms with Crippen LogP contribution in [0.5, 0.6) is 11.5 Å². The van der Waals surface area contributed by atoms with Crippen molar-refractivity contribution in [1.82, 2.24) is 4.98 Å². The standard InChI is InChI=1S/C29H25F5N2O5S/c1-18(14-19-2-6-23(30)7-3-19)42(38,39)27-9-5-22(17-35-27)24(15-20-10-12-36(37)13-11-20)21-4-8-25(40-28(31)32)26(16-21)41-29(33)34/h2-13,16-18,24,28-29H,14-15H2,1H3. The first-order valence-electron chi connectivity index (χ1n) is 12.6. The predicted octanol–water partition coefficient (Wildman–Crippen LogP) is 5.84. The lowest BCUT2D eigenvalue weighted by Crippen LogP contribution is -2.24. The fourth-order valence-corrected chi connectivity index (χ4v) is 5.68. The molecule has 0 saturated carbocycles. The van der Waals surface area contributed by atoms with Gasteiger partial charge in [-0.3, -0.25) is 0 Å². The zero-order chi connectivity index (χ0) is 30.4. The van der Waals surface area contributed by atoms with Crippen LogP contribution in [0.1, 0.15) is 35.1 Å². The second-order valence-electron chi connectivity index (χ2n) is 9.40. The molecule has 2 heterocycles. The minimum Gasteiger partial charge on any atom is -0.619 e. The van der Waals surface area contributed by atoms with Gasteiger partial charge in [0.1, 0.15) is 5.82 Å². The van der Waals surface area contributed by atoms with E-state index in [9.17, 15) is 35.6 Å². The molecule has 4 aromatic rings. The van der Waals surface area contributed by atoms with Crippen molar-refractivity contribution in [1.29, 1.82) is 0 Å². The number of alkyl halides is 4. The maximum absolute atomic E-state index is 13.2. The predicted molar refractivity (Wildman–Crippen MR) is 142 cm³/mol. The average Bonchev–Trinajstić information content (AvgIpc) is 2.94. The summed E-state index contributed by atoms with van der Waals surface area (Å²) in [6.45, 7) is -5.08. The van der Waals surface area contributed by atoms with E-state index in [1.165, 1.54) is 68.0 Å². The summed E-state index contributed by atoms with van der Waals surface area (Å²) >= 11 is 0. The molecule has 2 aromatic carbocycles. The number of aromatic nitrogens is 2. The Morgan fingerprint density at radius 1 is 0.810 bits per heavy atom. The highest BCUT2D eigenvalue weighted by Gasteiger charge is 2.26. The molecule has 13 heteroatoms. The number of hydrogen-bond donors (Lipinski definition) is 0. The lowest BCUT2D eigenvalue weighted by molar-refractivity contribution is -0.605. The number of hydrogen-bond acceptors (Lipinski definition) is 6. The minimum absolute atomic E-state index is 0.127. The third-order valence-corrected chi connectivity index (χ3v) is 8.58. The molecular formula is C29H25F5N2O5S. The van der Waals surface area contributed by atoms with E-state index in [4.69, 9.17) is 0 Å². The van der Waals surface area contributed by atoms with E-state index in [0.29, 0.717) is 27.0 Å². The van der Waals surface area contributed by atoms with Crippen molar-refractivity contribution in [3.8, 4) is 11.5 Å². The Morgan fingerprint density at radius 2 is 1.40 bits per heavy atom. The molecule has 0 spiro atoms. The van der Waals surface area contributed by atoms with E-state index in [-0.39, 0.29) is 17.9 Å². The van der Waals surface area contributed by atoms with Gasteiger partial charge in [-0.15, -0.1) is 0 Å². The van der Waals surface area contributed by atoms with E-state index in [0.717, 1.165) is 12.1 Å². The van der Waals surface area contributed by atoms with Crippen LogP contribution in [-0.4, -0.2) is 31.9 Å². The summed E-state index contributed by atoms with van der Waals surface area (Å²) < 4.78 is 101. The Labute approximate surface area is 238 Å². The van der Waals surface area contributed by atoms with Gasteiger partial charge in [0.2, 0.25) is 0 Å². The molecule has 7 nitrogen and oxygen atoms in total. The van der Waals surface area contributed by atoms with Crippen molar-refractivity contribution in [3.05, 3.63) is 119 Å². The molecule has 0 amide bonds. The molecule has 0 aliphatic rings. The Morgan fingerprint density at radius 3 is 2.00 bits per heavy atom. The molecule has 0 saturated heterocycles. The number of benzene rings is 2. The average molecular weight is 609 g/mol. The van der Waals surface area contributed by atoms with Gasteiger partial charge in [0.05, 0.1) is 5.25 Å². The van der Waals surface area contributed by atoms with Crippen LogP contribution in [0, 0.1) is 11.0 Å². The summed E-state index contributed by atoms with van der Waals surface area (Å²) in [5.41, 5.74) is 2.13. The zero-order valence-corrected chi connectivity index (χ0v) is 22.9. The highest BCUT2D eigenvalue weighted by atomic mass is 32.2. The molecule has 0 aliphatic heterocycles. The molecule has 0 fully saturated rings. The van der Waals surface area contributed by atoms with E-state index in [1.807, 2.05) is 0 Å². The third-order valence-electron chi connectivity index (χ3n) is 6.53. The summed E-state index contributed by atoms with van der Waals surface area (Å²) in [5.74, 6) is -2.28. The van der Waals surface area contributed by atoms with Gasteiger partial charge in [0.25, 0.3) is 0 Å². The molecule has 0 radical (unpaired) electrons. The van der Waals surface area contributed by atoms with Crippen LogP contribution >= 0.6 is 0 Å². The molecule has 0 aliphatic carbocycles. The van der Waals surface area contributed by atoms with E-state index in [1.54, 1.807) is 12.1 Å². The Balaban J connectivity index is 1.68. The van der Waals surface area contributed by atoms with Gasteiger partial charge in [-0.1, -0.05) is 24.3 Å². The topological polar surface area (TPSA) is 92.4 Å². The van der Waals surface area contributed by atoms with Crippen molar-refractivity contribution in [2.75, 3.05) is 0 Å². The van der Waals surface area contributed by atoms with Crippen LogP contribution in [0.3, 0.4) is 0 Å². The highest BCUT2D eigenvalue weighted by molar-refractivity contribution is 7.92. The van der Waals surface area contributed by atoms with Crippen LogP contribution in [0.4, 0.5) is 22.0 Å². The van der Waals surface area contributed by atoms with Crippen LogP contribution in [0.25, 0.3) is 0 Å². The first kappa shape index (κ1) is 30.7. The molecule has 0 N–H and O–H groups in total. The number of ether oxygens (including phenoxy) is 2. The largest absolute Gasteiger partial charge is 0.619 e. The van der Waals surface area contributed by atoms with Crippen LogP contribution in [-0.2, 0) is 22.7 Å². The zero-order valence-electron chi connectivity index (χ0n) is 22.0. The highest BCUT2D eigenvalue weighted by Crippen LogP contribution is 2.37. The van der Waals surface area contributed by atoms with E-state index in [2.05, 4.69) is 14.5 Å². The first-order chi connectivity index (χ1) is 19.9. The summed E-state index contributed by atoms with van der Waals surface area (Å²) in [6, 6.07) is 15.0. The monoisotopic (exact) mass is 608 g/mol. The minimum atomic E-state index is -3.89. The normalized spacial score (nSPS) is 13.2. The fourth-order valence-electron chi connectivity index (χ4n) is 4.40. The fraction of sp³-hybridized carbons (Fsp3) is 0.241. The summed E-state index contributed by atoms with van der Waals surface area (Å²) in [7, 11) is -3.89. The van der Waals surface area contributed by atoms with E-state index < -0.39 is 51.5 Å². The number of pyridine rings is 2. The molecule has 222 valence electrons. The number of nitrogens with zero attached hydrogens (tertiary/aromatic N) is 2. The van der Waals surface area contributed by atoms with Gasteiger partial charge in [-0.2, -0.15) is 22.3 Å². The number of sulfone groups is 1. The molecule has 4 rings (SSSR count). The van der Waals surface area contributed by atoms with E-state index >= 15 is 0 Å². The molecule has 42 heavy (non-hydrogen) atoms. The smallest absolute Gasteiger partial charge is 0.387 e. The van der Waals surface area contributed by atoms with Gasteiger partial charge < -0.3 is 14.7 Å². The van der Waals surface area contributed by atoms with Gasteiger partial charge >= 0.3 is 13.2 Å². The lowest BCUT2D eigenvalue weighted by atomic mass is 9.87. The Bertz CT molecular complexity index is 1590. The van der Waals surface area contributed by atoms with Crippen molar-refractivity contribution in [2.24, 2.45) is 0 Å². The van der Waals surface area contributed by atoms with Crippen molar-refractivity contribution in [3.63, 3.8) is 0 Å². The van der Waals surface area contributed by atoms with Crippen LogP contribution in [0.2, 0.25) is 0 Å². The van der Waals surface area contributed by atoms with Gasteiger partial charge in [-0.25, -0.2) is 17.8 Å². The Kier molecular flexibility index (Phi) is 9.61. The SMILES string of the molecule is CC(Cc1ccc(F)cc1)S(=O)(=O)c1ccc(C(Cc2cc[n+]([O-])cc2)c2ccc(OC(F)F)c(OC(F)F)c2)cn1. The van der Waals surface area contributed by atoms with Gasteiger partial charge in [-0.05, 0) is 72.4 Å². The molecular weight excluding hydrogens is 583 g/mol. The van der Waals surface area contributed by atoms with Gasteiger partial charge in [0, 0.05) is 24.2 Å². The van der Waals surface area contributed by atoms with Crippen molar-refractivity contribution < 1.29 is 44.6 Å². The second-order valence-corrected chi connectivity index (χ2v) is 11.7. The molecule has 2 atom stereocenters. The van der Waals surface area contributed by atoms with Crippen LogP contribution < -0.4 is 14.2 Å². The summed E-state index contributed by atoms with van der Waals surface area (Å²) in [4.78, 5) is 4.18. The quantitative estimate of drug-likeness (QED) is 0.114. The molecule has 2 aromatic heterocycles. The molecule has 2 unspecified atom stereocenters. The first-order valence-corrected chi connectivity index (χ1v) is 14.1. The summed E-state index contributed by atoms with van der Waals surface area (Å²) in [6.07, 6.45) is 4.21. The number of halogens is 5. The second kappa shape index (κ2) is 13.1. The third kappa shape index (κ3) is 7.72. The lowest BCUT2D eigenvalue weighted by Gasteiger charge is -2.21. The van der Waals surface area contributed by atoms with Gasteiger partial charge in [0.15, 0.2) is 38.8 Å². The summed E-state index contributed by atoms with van der Waals surface area (Å²) in [5, 5.41) is 10.4. The Hall–Kier alpha value is -4.26. The van der Waals surface area contributed by atoms with Crippen molar-refractivity contribution >= 4 is 9.84 Å². The number of rotatable bonds is 12. The van der Waals surface area contributed by atoms with Crippen LogP contribution in [0.15, 0.2) is 90.3 Å². The van der Waals surface area contributed by atoms with Crippen molar-refractivity contribution in [2.45, 2.75) is 49.2 Å². The maximum Gasteiger partial charge on any atom is 0.387 e. The molecule has 0 bridgehead atoms. The maximum atomic E-state index is 13.2.